The van der Waals surface area contributed by atoms with E-state index in [-0.39, 0.29) is 0 Å². The van der Waals surface area contributed by atoms with Gasteiger partial charge in [0.1, 0.15) is 5.82 Å². The van der Waals surface area contributed by atoms with Crippen LogP contribution in [0.1, 0.15) is 11.1 Å². The molecule has 3 aromatic rings. The van der Waals surface area contributed by atoms with Crippen molar-refractivity contribution in [2.45, 2.75) is 13.0 Å². The van der Waals surface area contributed by atoms with E-state index in [1.807, 2.05) is 25.1 Å². The second-order valence-corrected chi connectivity index (χ2v) is 6.20. The molecule has 0 spiro atoms. The maximum Gasteiger partial charge on any atom is 0.227 e. The summed E-state index contributed by atoms with van der Waals surface area (Å²) >= 11 is 0. The summed E-state index contributed by atoms with van der Waals surface area (Å²) in [6.07, 6.45) is 1.06. The molecule has 0 fully saturated rings. The minimum absolute atomic E-state index is 0.762. The van der Waals surface area contributed by atoms with Gasteiger partial charge in [-0.3, -0.25) is 0 Å². The van der Waals surface area contributed by atoms with E-state index in [1.165, 1.54) is 11.1 Å². The molecule has 0 saturated carbocycles. The van der Waals surface area contributed by atoms with Crippen LogP contribution in [0.25, 0.3) is 10.9 Å². The molecule has 0 unspecified atom stereocenters. The summed E-state index contributed by atoms with van der Waals surface area (Å²) in [6, 6.07) is 17.0. The van der Waals surface area contributed by atoms with Crippen LogP contribution in [0.5, 0.6) is 0 Å². The number of hydrogen-bond acceptors (Lipinski definition) is 4. The summed E-state index contributed by atoms with van der Waals surface area (Å²) in [5.41, 5.74) is 3.85. The largest absolute Gasteiger partial charge is 0.351 e. The first kappa shape index (κ1) is 14.0. The lowest BCUT2D eigenvalue weighted by Crippen LogP contribution is -2.31. The van der Waals surface area contributed by atoms with Crippen LogP contribution in [0, 0.1) is 0 Å². The predicted octanol–water partition coefficient (Wildman–Crippen LogP) is 3.26. The van der Waals surface area contributed by atoms with Crippen molar-refractivity contribution >= 4 is 22.7 Å². The molecule has 0 atom stereocenters. The Morgan fingerprint density at radius 2 is 1.65 bits per heavy atom. The molecule has 0 radical (unpaired) electrons. The third kappa shape index (κ3) is 2.50. The predicted molar refractivity (Wildman–Crippen MR) is 95.1 cm³/mol. The number of anilines is 2. The number of rotatable bonds is 2. The molecule has 1 aromatic heterocycles. The standard InChI is InChI=1S/C19H20N4/c1-22(2)19-20-17-10-6-5-9-16(17)18(21-19)23-12-11-14-7-3-4-8-15(14)13-23/h3-10H,11-13H2,1-2H3. The van der Waals surface area contributed by atoms with Crippen molar-refractivity contribution in [3.8, 4) is 0 Å². The summed E-state index contributed by atoms with van der Waals surface area (Å²) in [5.74, 6) is 1.80. The van der Waals surface area contributed by atoms with Gasteiger partial charge in [0.15, 0.2) is 0 Å². The Kier molecular flexibility index (Phi) is 3.37. The molecule has 4 nitrogen and oxygen atoms in total. The van der Waals surface area contributed by atoms with Crippen LogP contribution in [0.2, 0.25) is 0 Å². The van der Waals surface area contributed by atoms with E-state index in [2.05, 4.69) is 52.3 Å². The monoisotopic (exact) mass is 304 g/mol. The van der Waals surface area contributed by atoms with Crippen molar-refractivity contribution in [2.75, 3.05) is 30.4 Å². The number of fused-ring (bicyclic) bond motifs is 2. The van der Waals surface area contributed by atoms with Gasteiger partial charge in [-0.05, 0) is 29.7 Å². The highest BCUT2D eigenvalue weighted by atomic mass is 15.3. The van der Waals surface area contributed by atoms with Gasteiger partial charge in [-0.1, -0.05) is 36.4 Å². The van der Waals surface area contributed by atoms with Crippen molar-refractivity contribution in [3.63, 3.8) is 0 Å². The van der Waals surface area contributed by atoms with Crippen molar-refractivity contribution in [1.29, 1.82) is 0 Å². The Bertz CT molecular complexity index is 857. The Balaban J connectivity index is 1.82. The second kappa shape index (κ2) is 5.54. The molecule has 0 N–H and O–H groups in total. The van der Waals surface area contributed by atoms with E-state index in [1.54, 1.807) is 0 Å². The van der Waals surface area contributed by atoms with Crippen LogP contribution in [0.15, 0.2) is 48.5 Å². The third-order valence-electron chi connectivity index (χ3n) is 4.40. The van der Waals surface area contributed by atoms with Gasteiger partial charge in [-0.2, -0.15) is 4.98 Å². The number of para-hydroxylation sites is 1. The quantitative estimate of drug-likeness (QED) is 0.727. The SMILES string of the molecule is CN(C)c1nc(N2CCc3ccccc3C2)c2ccccc2n1. The van der Waals surface area contributed by atoms with Gasteiger partial charge in [0.25, 0.3) is 0 Å². The lowest BCUT2D eigenvalue weighted by atomic mass is 10.00. The van der Waals surface area contributed by atoms with Gasteiger partial charge in [0.2, 0.25) is 5.95 Å². The topological polar surface area (TPSA) is 32.3 Å². The average Bonchev–Trinajstić information content (AvgIpc) is 2.60. The highest BCUT2D eigenvalue weighted by Gasteiger charge is 2.20. The van der Waals surface area contributed by atoms with Gasteiger partial charge in [-0.15, -0.1) is 0 Å². The number of aromatic nitrogens is 2. The van der Waals surface area contributed by atoms with Crippen molar-refractivity contribution in [3.05, 3.63) is 59.7 Å². The first-order valence-electron chi connectivity index (χ1n) is 7.98. The first-order chi connectivity index (χ1) is 11.2. The van der Waals surface area contributed by atoms with Gasteiger partial charge in [0.05, 0.1) is 5.52 Å². The normalized spacial score (nSPS) is 13.9. The Labute approximate surface area is 136 Å². The third-order valence-corrected chi connectivity index (χ3v) is 4.40. The van der Waals surface area contributed by atoms with Gasteiger partial charge in [-0.25, -0.2) is 4.98 Å². The molecule has 0 bridgehead atoms. The number of hydrogen-bond donors (Lipinski definition) is 0. The molecule has 0 aliphatic carbocycles. The van der Waals surface area contributed by atoms with Crippen LogP contribution >= 0.6 is 0 Å². The first-order valence-corrected chi connectivity index (χ1v) is 7.98. The molecule has 2 heterocycles. The van der Waals surface area contributed by atoms with Crippen LogP contribution in [-0.4, -0.2) is 30.6 Å². The molecule has 23 heavy (non-hydrogen) atoms. The zero-order valence-electron chi connectivity index (χ0n) is 13.5. The zero-order valence-corrected chi connectivity index (χ0v) is 13.5. The summed E-state index contributed by atoms with van der Waals surface area (Å²) in [5, 5.41) is 1.12. The summed E-state index contributed by atoms with van der Waals surface area (Å²) in [6.45, 7) is 1.90. The lowest BCUT2D eigenvalue weighted by molar-refractivity contribution is 0.722. The molecule has 0 amide bonds. The van der Waals surface area contributed by atoms with Crippen molar-refractivity contribution in [2.24, 2.45) is 0 Å². The van der Waals surface area contributed by atoms with Crippen molar-refractivity contribution in [1.82, 2.24) is 9.97 Å². The Hall–Kier alpha value is -2.62. The van der Waals surface area contributed by atoms with E-state index >= 15 is 0 Å². The summed E-state index contributed by atoms with van der Waals surface area (Å²) in [4.78, 5) is 13.8. The zero-order chi connectivity index (χ0) is 15.8. The molecule has 4 rings (SSSR count). The van der Waals surface area contributed by atoms with E-state index in [0.717, 1.165) is 42.2 Å². The number of nitrogens with zero attached hydrogens (tertiary/aromatic N) is 4. The molecule has 1 aliphatic heterocycles. The van der Waals surface area contributed by atoms with Crippen molar-refractivity contribution < 1.29 is 0 Å². The van der Waals surface area contributed by atoms with E-state index in [4.69, 9.17) is 4.98 Å². The minimum atomic E-state index is 0.762. The molecule has 4 heteroatoms. The minimum Gasteiger partial charge on any atom is -0.351 e. The fraction of sp³-hybridized carbons (Fsp3) is 0.263. The fourth-order valence-corrected chi connectivity index (χ4v) is 3.17. The summed E-state index contributed by atoms with van der Waals surface area (Å²) < 4.78 is 0. The number of benzene rings is 2. The molecular formula is C19H20N4. The molecule has 116 valence electrons. The second-order valence-electron chi connectivity index (χ2n) is 6.20. The molecule has 0 saturated heterocycles. The maximum absolute atomic E-state index is 4.84. The van der Waals surface area contributed by atoms with Crippen LogP contribution < -0.4 is 9.80 Å². The smallest absolute Gasteiger partial charge is 0.227 e. The van der Waals surface area contributed by atoms with E-state index in [0.29, 0.717) is 0 Å². The van der Waals surface area contributed by atoms with Gasteiger partial charge >= 0.3 is 0 Å². The van der Waals surface area contributed by atoms with Gasteiger partial charge < -0.3 is 9.80 Å². The van der Waals surface area contributed by atoms with E-state index < -0.39 is 0 Å². The lowest BCUT2D eigenvalue weighted by Gasteiger charge is -2.31. The highest BCUT2D eigenvalue weighted by Crippen LogP contribution is 2.30. The average molecular weight is 304 g/mol. The Morgan fingerprint density at radius 3 is 2.48 bits per heavy atom. The Morgan fingerprint density at radius 1 is 0.913 bits per heavy atom. The van der Waals surface area contributed by atoms with Gasteiger partial charge in [0, 0.05) is 32.6 Å². The molecular weight excluding hydrogens is 284 g/mol. The highest BCUT2D eigenvalue weighted by molar-refractivity contribution is 5.90. The summed E-state index contributed by atoms with van der Waals surface area (Å²) in [7, 11) is 3.97. The fourth-order valence-electron chi connectivity index (χ4n) is 3.17. The molecule has 1 aliphatic rings. The maximum atomic E-state index is 4.84. The van der Waals surface area contributed by atoms with Crippen LogP contribution in [0.4, 0.5) is 11.8 Å². The van der Waals surface area contributed by atoms with E-state index in [9.17, 15) is 0 Å². The van der Waals surface area contributed by atoms with Crippen LogP contribution in [0.3, 0.4) is 0 Å². The van der Waals surface area contributed by atoms with Crippen LogP contribution in [-0.2, 0) is 13.0 Å². The molecule has 2 aromatic carbocycles.